The second-order valence-electron chi connectivity index (χ2n) is 5.99. The minimum Gasteiger partial charge on any atom is -0.256 e. The summed E-state index contributed by atoms with van der Waals surface area (Å²) in [7, 11) is 0. The molecule has 0 aliphatic rings. The normalized spacial score (nSPS) is 11.2. The number of hydrogen-bond donors (Lipinski definition) is 0. The van der Waals surface area contributed by atoms with E-state index in [1.54, 1.807) is 0 Å². The Morgan fingerprint density at radius 3 is 2.17 bits per heavy atom. The van der Waals surface area contributed by atoms with Crippen molar-refractivity contribution < 1.29 is 0 Å². The highest BCUT2D eigenvalue weighted by Crippen LogP contribution is 2.16. The van der Waals surface area contributed by atoms with E-state index in [1.807, 2.05) is 30.5 Å². The third-order valence-electron chi connectivity index (χ3n) is 3.99. The molecule has 0 unspecified atom stereocenters. The number of hydrogen-bond acceptors (Lipinski definition) is 1. The predicted molar refractivity (Wildman–Crippen MR) is 102 cm³/mol. The van der Waals surface area contributed by atoms with Crippen molar-refractivity contribution in [2.45, 2.75) is 51.9 Å². The fourth-order valence-electron chi connectivity index (χ4n) is 2.56. The lowest BCUT2D eigenvalue weighted by molar-refractivity contribution is 0.607. The summed E-state index contributed by atoms with van der Waals surface area (Å²) >= 11 is 5.88. The summed E-state index contributed by atoms with van der Waals surface area (Å²) in [4.78, 5) is 4.51. The summed E-state index contributed by atoms with van der Waals surface area (Å²) in [5.74, 6) is 0. The Kier molecular flexibility index (Phi) is 7.89. The molecule has 0 fully saturated rings. The van der Waals surface area contributed by atoms with E-state index in [1.165, 1.54) is 50.5 Å². The van der Waals surface area contributed by atoms with Gasteiger partial charge in [-0.25, -0.2) is 0 Å². The van der Waals surface area contributed by atoms with E-state index in [-0.39, 0.29) is 0 Å². The lowest BCUT2D eigenvalue weighted by Gasteiger charge is -2.02. The Hall–Kier alpha value is -1.60. The number of rotatable bonds is 9. The van der Waals surface area contributed by atoms with Crippen molar-refractivity contribution in [2.75, 3.05) is 0 Å². The molecule has 122 valence electrons. The first-order valence-corrected chi connectivity index (χ1v) is 9.04. The minimum absolute atomic E-state index is 0.751. The van der Waals surface area contributed by atoms with Gasteiger partial charge in [0.25, 0.3) is 0 Å². The number of unbranched alkanes of at least 4 members (excludes halogenated alkanes) is 5. The molecule has 0 saturated heterocycles. The molecule has 2 aromatic rings. The Bertz CT molecular complexity index is 584. The van der Waals surface area contributed by atoms with Crippen LogP contribution < -0.4 is 0 Å². The maximum atomic E-state index is 5.88. The summed E-state index contributed by atoms with van der Waals surface area (Å²) in [5, 5.41) is 0.751. The molecule has 0 aliphatic heterocycles. The van der Waals surface area contributed by atoms with Crippen LogP contribution in [0.25, 0.3) is 0 Å². The highest BCUT2D eigenvalue weighted by atomic mass is 35.5. The van der Waals surface area contributed by atoms with Crippen molar-refractivity contribution in [2.24, 2.45) is 4.99 Å². The van der Waals surface area contributed by atoms with E-state index in [0.717, 1.165) is 16.3 Å². The molecule has 0 heterocycles. The van der Waals surface area contributed by atoms with Gasteiger partial charge in [-0.15, -0.1) is 0 Å². The van der Waals surface area contributed by atoms with Crippen molar-refractivity contribution in [3.05, 3.63) is 64.7 Å². The number of benzene rings is 2. The number of aryl methyl sites for hydroxylation is 1. The van der Waals surface area contributed by atoms with Gasteiger partial charge < -0.3 is 0 Å². The van der Waals surface area contributed by atoms with Crippen LogP contribution in [0.15, 0.2) is 53.5 Å². The van der Waals surface area contributed by atoms with Crippen molar-refractivity contribution in [1.82, 2.24) is 0 Å². The van der Waals surface area contributed by atoms with Crippen molar-refractivity contribution in [3.63, 3.8) is 0 Å². The summed E-state index contributed by atoms with van der Waals surface area (Å²) in [5.41, 5.74) is 3.46. The van der Waals surface area contributed by atoms with E-state index >= 15 is 0 Å². The molecule has 23 heavy (non-hydrogen) atoms. The van der Waals surface area contributed by atoms with Crippen LogP contribution >= 0.6 is 11.6 Å². The van der Waals surface area contributed by atoms with Gasteiger partial charge in [-0.3, -0.25) is 4.99 Å². The maximum absolute atomic E-state index is 5.88. The average molecular weight is 328 g/mol. The second kappa shape index (κ2) is 10.2. The highest BCUT2D eigenvalue weighted by molar-refractivity contribution is 6.30. The molecule has 0 radical (unpaired) electrons. The van der Waals surface area contributed by atoms with E-state index in [9.17, 15) is 0 Å². The molecular weight excluding hydrogens is 302 g/mol. The van der Waals surface area contributed by atoms with E-state index in [2.05, 4.69) is 36.2 Å². The molecule has 0 atom stereocenters. The van der Waals surface area contributed by atoms with Gasteiger partial charge in [0.1, 0.15) is 0 Å². The van der Waals surface area contributed by atoms with Crippen LogP contribution in [0.5, 0.6) is 0 Å². The largest absolute Gasteiger partial charge is 0.256 e. The van der Waals surface area contributed by atoms with Gasteiger partial charge in [0.05, 0.1) is 5.69 Å². The van der Waals surface area contributed by atoms with Crippen LogP contribution in [-0.4, -0.2) is 6.21 Å². The maximum Gasteiger partial charge on any atom is 0.0630 e. The molecule has 0 aromatic heterocycles. The van der Waals surface area contributed by atoms with Gasteiger partial charge in [0, 0.05) is 11.2 Å². The zero-order valence-electron chi connectivity index (χ0n) is 14.0. The minimum atomic E-state index is 0.751. The first-order chi connectivity index (χ1) is 11.3. The fourth-order valence-corrected chi connectivity index (χ4v) is 2.68. The molecule has 2 heteroatoms. The van der Waals surface area contributed by atoms with E-state index in [4.69, 9.17) is 11.6 Å². The SMILES string of the molecule is CCCCCCCCc1ccc(N=Cc2ccc(Cl)cc2)cc1. The summed E-state index contributed by atoms with van der Waals surface area (Å²) in [6.07, 6.45) is 11.1. The number of halogens is 1. The van der Waals surface area contributed by atoms with Gasteiger partial charge in [0.15, 0.2) is 0 Å². The number of aliphatic imine (C=N–C) groups is 1. The standard InChI is InChI=1S/C21H26ClN/c1-2-3-4-5-6-7-8-18-11-15-21(16-12-18)23-17-19-9-13-20(22)14-10-19/h9-17H,2-8H2,1H3. The van der Waals surface area contributed by atoms with Gasteiger partial charge in [-0.05, 0) is 48.2 Å². The summed E-state index contributed by atoms with van der Waals surface area (Å²) < 4.78 is 0. The molecule has 0 aliphatic carbocycles. The molecule has 2 rings (SSSR count). The van der Waals surface area contributed by atoms with Gasteiger partial charge in [-0.1, -0.05) is 74.9 Å². The highest BCUT2D eigenvalue weighted by Gasteiger charge is 1.95. The fraction of sp³-hybridized carbons (Fsp3) is 0.381. The molecule has 0 spiro atoms. The van der Waals surface area contributed by atoms with Crippen molar-refractivity contribution in [1.29, 1.82) is 0 Å². The Labute approximate surface area is 145 Å². The van der Waals surface area contributed by atoms with Gasteiger partial charge in [0.2, 0.25) is 0 Å². The third kappa shape index (κ3) is 7.00. The molecule has 0 N–H and O–H groups in total. The Morgan fingerprint density at radius 1 is 0.826 bits per heavy atom. The van der Waals surface area contributed by atoms with E-state index in [0.29, 0.717) is 0 Å². The van der Waals surface area contributed by atoms with Crippen molar-refractivity contribution in [3.8, 4) is 0 Å². The average Bonchev–Trinajstić information content (AvgIpc) is 2.58. The van der Waals surface area contributed by atoms with E-state index < -0.39 is 0 Å². The molecule has 0 bridgehead atoms. The van der Waals surface area contributed by atoms with Crippen molar-refractivity contribution >= 4 is 23.5 Å². The predicted octanol–water partition coefficient (Wildman–Crippen LogP) is 6.99. The number of nitrogens with zero attached hydrogens (tertiary/aromatic N) is 1. The topological polar surface area (TPSA) is 12.4 Å². The molecule has 0 saturated carbocycles. The summed E-state index contributed by atoms with van der Waals surface area (Å²) in [6.45, 7) is 2.26. The first kappa shape index (κ1) is 17.7. The van der Waals surface area contributed by atoms with Crippen LogP contribution in [0.3, 0.4) is 0 Å². The molecule has 1 nitrogen and oxygen atoms in total. The van der Waals surface area contributed by atoms with Gasteiger partial charge in [-0.2, -0.15) is 0 Å². The zero-order valence-corrected chi connectivity index (χ0v) is 14.7. The van der Waals surface area contributed by atoms with Crippen LogP contribution in [0.4, 0.5) is 5.69 Å². The summed E-state index contributed by atoms with van der Waals surface area (Å²) in [6, 6.07) is 16.3. The van der Waals surface area contributed by atoms with Crippen LogP contribution in [0.1, 0.15) is 56.6 Å². The van der Waals surface area contributed by atoms with Crippen LogP contribution in [0.2, 0.25) is 5.02 Å². The first-order valence-electron chi connectivity index (χ1n) is 8.66. The van der Waals surface area contributed by atoms with Crippen LogP contribution in [0, 0.1) is 0 Å². The molecule has 0 amide bonds. The quantitative estimate of drug-likeness (QED) is 0.347. The lowest BCUT2D eigenvalue weighted by atomic mass is 10.0. The van der Waals surface area contributed by atoms with Gasteiger partial charge >= 0.3 is 0 Å². The Morgan fingerprint density at radius 2 is 1.48 bits per heavy atom. The second-order valence-corrected chi connectivity index (χ2v) is 6.43. The zero-order chi connectivity index (χ0) is 16.3. The monoisotopic (exact) mass is 327 g/mol. The van der Waals surface area contributed by atoms with Crippen LogP contribution in [-0.2, 0) is 6.42 Å². The Balaban J connectivity index is 1.76. The smallest absolute Gasteiger partial charge is 0.0630 e. The molecular formula is C21H26ClN. The lowest BCUT2D eigenvalue weighted by Crippen LogP contribution is -1.86. The molecule has 2 aromatic carbocycles. The third-order valence-corrected chi connectivity index (χ3v) is 4.24.